The summed E-state index contributed by atoms with van der Waals surface area (Å²) >= 11 is 0. The molecule has 0 N–H and O–H groups in total. The normalized spacial score (nSPS) is 20.0. The molecule has 0 spiro atoms. The van der Waals surface area contributed by atoms with Gasteiger partial charge in [0.1, 0.15) is 0 Å². The molecule has 1 saturated heterocycles. The molecule has 0 aromatic rings. The zero-order chi connectivity index (χ0) is 3.54. The Kier molecular flexibility index (Phi) is 4.58. The van der Waals surface area contributed by atoms with Gasteiger partial charge in [-0.2, -0.15) is 0 Å². The van der Waals surface area contributed by atoms with Gasteiger partial charge in [0.15, 0.2) is 0 Å². The van der Waals surface area contributed by atoms with Crippen LogP contribution < -0.4 is 0 Å². The minimum absolute atomic E-state index is 0. The summed E-state index contributed by atoms with van der Waals surface area (Å²) in [4.78, 5) is 0. The predicted octanol–water partition coefficient (Wildman–Crippen LogP) is 0.529. The maximum atomic E-state index is 4.94. The van der Waals surface area contributed by atoms with Crippen molar-refractivity contribution in [3.63, 3.8) is 0 Å². The first-order valence-electron chi connectivity index (χ1n) is 2.08. The van der Waals surface area contributed by atoms with Crippen molar-refractivity contribution < 1.29 is 30.9 Å². The van der Waals surface area contributed by atoms with Gasteiger partial charge in [-0.1, -0.05) is 0 Å². The summed E-state index contributed by atoms with van der Waals surface area (Å²) in [6.45, 7) is 2.00. The Bertz CT molecular complexity index is 19.1. The second-order valence-electron chi connectivity index (χ2n) is 1.32. The van der Waals surface area contributed by atoms with Crippen LogP contribution in [0.15, 0.2) is 0 Å². The molecule has 1 nitrogen and oxygen atoms in total. The molecule has 1 aliphatic heterocycles. The molecule has 0 aliphatic carbocycles. The monoisotopic (exact) mass is 283 g/mol. The van der Waals surface area contributed by atoms with E-state index in [9.17, 15) is 0 Å². The van der Waals surface area contributed by atoms with Gasteiger partial charge in [-0.05, 0) is 12.8 Å². The molecule has 0 saturated carbocycles. The van der Waals surface area contributed by atoms with Crippen LogP contribution in [0.5, 0.6) is 0 Å². The average Bonchev–Trinajstić information content (AvgIpc) is 1.76. The summed E-state index contributed by atoms with van der Waals surface area (Å²) in [5.41, 5.74) is 0. The van der Waals surface area contributed by atoms with Crippen molar-refractivity contribution in [2.24, 2.45) is 0 Å². The van der Waals surface area contributed by atoms with Gasteiger partial charge in [-0.25, -0.2) is 0 Å². The number of hydrogen-bond donors (Lipinski definition) is 0. The first kappa shape index (κ1) is 6.84. The number of hydrogen-bond acceptors (Lipinski definition) is 1. The van der Waals surface area contributed by atoms with E-state index in [-0.39, 0.29) is 26.2 Å². The summed E-state index contributed by atoms with van der Waals surface area (Å²) in [7, 11) is 0. The molecule has 1 fully saturated rings. The van der Waals surface area contributed by atoms with Crippen molar-refractivity contribution in [2.75, 3.05) is 13.2 Å². The molecule has 0 aromatic heterocycles. The van der Waals surface area contributed by atoms with Gasteiger partial charge in [0.25, 0.3) is 0 Å². The third-order valence-corrected chi connectivity index (χ3v) is 0.827. The fraction of sp³-hybridized carbons (Fsp3) is 1.00. The Morgan fingerprint density at radius 3 is 1.67 bits per heavy atom. The third kappa shape index (κ3) is 2.10. The maximum absolute atomic E-state index is 4.94. The Morgan fingerprint density at radius 1 is 1.00 bits per heavy atom. The first-order valence-corrected chi connectivity index (χ1v) is 2.08. The van der Waals surface area contributed by atoms with Crippen molar-refractivity contribution in [1.82, 2.24) is 0 Å². The molecular formula is C4H9AtO. The quantitative estimate of drug-likeness (QED) is 0.630. The van der Waals surface area contributed by atoms with Gasteiger partial charge in [0.2, 0.25) is 0 Å². The van der Waals surface area contributed by atoms with E-state index in [2.05, 4.69) is 0 Å². The molecule has 0 radical (unpaired) electrons. The Hall–Kier alpha value is 0.843. The summed E-state index contributed by atoms with van der Waals surface area (Å²) in [6, 6.07) is 0. The molecular weight excluding hydrogens is 274 g/mol. The van der Waals surface area contributed by atoms with Crippen LogP contribution in [-0.4, -0.2) is 13.2 Å². The molecule has 0 amide bonds. The van der Waals surface area contributed by atoms with Crippen molar-refractivity contribution in [3.8, 4) is 0 Å². The second-order valence-corrected chi connectivity index (χ2v) is 1.32. The Balaban J connectivity index is 0.000000250. The fourth-order valence-corrected chi connectivity index (χ4v) is 0.510. The van der Waals surface area contributed by atoms with Gasteiger partial charge in [-0.3, -0.25) is 0 Å². The Labute approximate surface area is 57.2 Å². The summed E-state index contributed by atoms with van der Waals surface area (Å²) < 4.78 is 4.94. The van der Waals surface area contributed by atoms with Crippen LogP contribution in [0.25, 0.3) is 0 Å². The zero-order valence-corrected chi connectivity index (χ0v) is 6.82. The summed E-state index contributed by atoms with van der Waals surface area (Å²) in [6.07, 6.45) is 2.56. The molecule has 1 rings (SSSR count). The van der Waals surface area contributed by atoms with Crippen molar-refractivity contribution in [1.29, 1.82) is 0 Å². The van der Waals surface area contributed by atoms with E-state index in [1.165, 1.54) is 12.8 Å². The average molecular weight is 283 g/mol. The van der Waals surface area contributed by atoms with Gasteiger partial charge >= 0.3 is 26.2 Å². The topological polar surface area (TPSA) is 9.23 Å². The SMILES string of the molecule is C1CCOC1.[AtH]. The van der Waals surface area contributed by atoms with Crippen molar-refractivity contribution >= 4 is 0 Å². The van der Waals surface area contributed by atoms with Gasteiger partial charge in [0, 0.05) is 13.2 Å². The van der Waals surface area contributed by atoms with Crippen molar-refractivity contribution in [2.45, 2.75) is 12.8 Å². The molecule has 0 unspecified atom stereocenters. The zero-order valence-electron chi connectivity index (χ0n) is 3.64. The first-order chi connectivity index (χ1) is 2.50. The van der Waals surface area contributed by atoms with E-state index < -0.39 is 0 Å². The van der Waals surface area contributed by atoms with Crippen LogP contribution in [-0.2, 0) is 4.74 Å². The molecule has 1 heterocycles. The van der Waals surface area contributed by atoms with Crippen LogP contribution in [0.1, 0.15) is 12.8 Å². The van der Waals surface area contributed by atoms with Gasteiger partial charge in [-0.15, -0.1) is 0 Å². The van der Waals surface area contributed by atoms with E-state index in [4.69, 9.17) is 4.74 Å². The van der Waals surface area contributed by atoms with E-state index in [1.807, 2.05) is 0 Å². The van der Waals surface area contributed by atoms with Crippen LogP contribution in [0.2, 0.25) is 0 Å². The fourth-order valence-electron chi connectivity index (χ4n) is 0.510. The Morgan fingerprint density at radius 2 is 1.50 bits per heavy atom. The summed E-state index contributed by atoms with van der Waals surface area (Å²) in [5, 5.41) is 0. The van der Waals surface area contributed by atoms with Gasteiger partial charge < -0.3 is 4.74 Å². The van der Waals surface area contributed by atoms with Crippen LogP contribution in [0, 0.1) is 26.2 Å². The van der Waals surface area contributed by atoms with E-state index in [0.29, 0.717) is 0 Å². The third-order valence-electron chi connectivity index (χ3n) is 0.827. The molecule has 0 atom stereocenters. The summed E-state index contributed by atoms with van der Waals surface area (Å²) in [5.74, 6) is 0. The predicted molar refractivity (Wildman–Crippen MR) is 21.4 cm³/mol. The van der Waals surface area contributed by atoms with Crippen molar-refractivity contribution in [3.05, 3.63) is 0 Å². The number of rotatable bonds is 0. The molecule has 1 aliphatic rings. The van der Waals surface area contributed by atoms with Crippen LogP contribution in [0.4, 0.5) is 0 Å². The minimum atomic E-state index is 0. The van der Waals surface area contributed by atoms with Crippen LogP contribution >= 0.6 is 0 Å². The molecule has 0 aromatic carbocycles. The molecule has 38 valence electrons. The van der Waals surface area contributed by atoms with E-state index in [0.717, 1.165) is 13.2 Å². The molecule has 6 heavy (non-hydrogen) atoms. The van der Waals surface area contributed by atoms with Crippen LogP contribution in [0.3, 0.4) is 0 Å². The standard InChI is InChI=1S/C4H8O.AtH/c1-2-4-5-3-1;/h1-4H2;1H. The second kappa shape index (κ2) is 4.01. The van der Waals surface area contributed by atoms with Gasteiger partial charge in [0.05, 0.1) is 0 Å². The van der Waals surface area contributed by atoms with E-state index in [1.54, 1.807) is 0 Å². The molecule has 2 heteroatoms. The number of ether oxygens (including phenoxy) is 1. The molecule has 0 bridgehead atoms. The van der Waals surface area contributed by atoms with E-state index >= 15 is 0 Å².